The molecule has 1 N–H and O–H groups in total. The van der Waals surface area contributed by atoms with Gasteiger partial charge in [0.1, 0.15) is 5.76 Å². The molecule has 0 fully saturated rings. The summed E-state index contributed by atoms with van der Waals surface area (Å²) in [5, 5.41) is 19.4. The van der Waals surface area contributed by atoms with Gasteiger partial charge in [0.15, 0.2) is 0 Å². The number of nitrogens with zero attached hydrogens (tertiary/aromatic N) is 3. The van der Waals surface area contributed by atoms with Crippen LogP contribution in [0.5, 0.6) is 0 Å². The lowest BCUT2D eigenvalue weighted by Gasteiger charge is -2.09. The highest BCUT2D eigenvalue weighted by Crippen LogP contribution is 2.28. The smallest absolute Gasteiger partial charge is 0.277 e. The third kappa shape index (κ3) is 3.89. The second kappa shape index (κ2) is 7.23. The normalized spacial score (nSPS) is 11.7. The zero-order valence-electron chi connectivity index (χ0n) is 13.5. The van der Waals surface area contributed by atoms with E-state index < -0.39 is 5.25 Å². The molecule has 0 aliphatic rings. The van der Waals surface area contributed by atoms with E-state index in [1.807, 2.05) is 6.07 Å². The molecule has 0 aliphatic heterocycles. The highest BCUT2D eigenvalue weighted by molar-refractivity contribution is 8.00. The molecule has 8 heteroatoms. The highest BCUT2D eigenvalue weighted by Gasteiger charge is 2.20. The van der Waals surface area contributed by atoms with E-state index in [0.29, 0.717) is 28.1 Å². The number of aryl methyl sites for hydroxylation is 1. The Labute approximate surface area is 148 Å². The SMILES string of the molecule is Cc1occc1-c1nnc(S[C@@H](C)C(=O)Nc2cccc(C#N)c2)o1. The first-order valence-electron chi connectivity index (χ1n) is 7.42. The molecule has 0 aliphatic carbocycles. The van der Waals surface area contributed by atoms with E-state index in [-0.39, 0.29) is 5.91 Å². The molecule has 0 unspecified atom stereocenters. The van der Waals surface area contributed by atoms with Crippen molar-refractivity contribution in [1.82, 2.24) is 10.2 Å². The number of nitrogens with one attached hydrogen (secondary N) is 1. The van der Waals surface area contributed by atoms with E-state index in [1.165, 1.54) is 0 Å². The molecular formula is C17H14N4O3S. The molecule has 2 heterocycles. The number of thioether (sulfide) groups is 1. The van der Waals surface area contributed by atoms with Gasteiger partial charge in [-0.05, 0) is 38.1 Å². The van der Waals surface area contributed by atoms with Crippen molar-refractivity contribution in [3.8, 4) is 17.5 Å². The number of aromatic nitrogens is 2. The minimum atomic E-state index is -0.454. The van der Waals surface area contributed by atoms with Gasteiger partial charge < -0.3 is 14.2 Å². The summed E-state index contributed by atoms with van der Waals surface area (Å²) >= 11 is 1.16. The van der Waals surface area contributed by atoms with E-state index in [9.17, 15) is 4.79 Å². The summed E-state index contributed by atoms with van der Waals surface area (Å²) < 4.78 is 10.8. The first-order chi connectivity index (χ1) is 12.1. The number of nitriles is 1. The number of anilines is 1. The number of benzene rings is 1. The Hall–Kier alpha value is -3.05. The van der Waals surface area contributed by atoms with Crippen molar-refractivity contribution in [2.45, 2.75) is 24.3 Å². The molecule has 1 atom stereocenters. The first kappa shape index (κ1) is 16.8. The van der Waals surface area contributed by atoms with Gasteiger partial charge in [0.25, 0.3) is 11.1 Å². The van der Waals surface area contributed by atoms with Crippen LogP contribution in [-0.2, 0) is 4.79 Å². The molecular weight excluding hydrogens is 340 g/mol. The fourth-order valence-electron chi connectivity index (χ4n) is 2.09. The average Bonchev–Trinajstić information content (AvgIpc) is 3.23. The molecule has 0 radical (unpaired) electrons. The molecule has 1 amide bonds. The van der Waals surface area contributed by atoms with Gasteiger partial charge in [0.2, 0.25) is 5.91 Å². The Balaban J connectivity index is 1.65. The Kier molecular flexibility index (Phi) is 4.86. The van der Waals surface area contributed by atoms with Crippen molar-refractivity contribution in [3.63, 3.8) is 0 Å². The number of amides is 1. The van der Waals surface area contributed by atoms with Crippen LogP contribution in [0.25, 0.3) is 11.5 Å². The third-order valence-electron chi connectivity index (χ3n) is 3.40. The van der Waals surface area contributed by atoms with Crippen LogP contribution in [-0.4, -0.2) is 21.4 Å². The molecule has 7 nitrogen and oxygen atoms in total. The van der Waals surface area contributed by atoms with Crippen LogP contribution in [0.15, 0.2) is 50.7 Å². The zero-order chi connectivity index (χ0) is 17.8. The van der Waals surface area contributed by atoms with Crippen molar-refractivity contribution < 1.29 is 13.6 Å². The van der Waals surface area contributed by atoms with Gasteiger partial charge in [-0.25, -0.2) is 0 Å². The van der Waals surface area contributed by atoms with Crippen LogP contribution in [0.3, 0.4) is 0 Å². The van der Waals surface area contributed by atoms with Gasteiger partial charge in [-0.15, -0.1) is 10.2 Å². The number of hydrogen-bond acceptors (Lipinski definition) is 7. The standard InChI is InChI=1S/C17H14N4O3S/c1-10-14(6-7-23-10)16-20-21-17(24-16)25-11(2)15(22)19-13-5-3-4-12(8-13)9-18/h3-8,11H,1-2H3,(H,19,22)/t11-/m0/s1. The van der Waals surface area contributed by atoms with Gasteiger partial charge in [-0.1, -0.05) is 17.8 Å². The molecule has 2 aromatic heterocycles. The maximum absolute atomic E-state index is 12.3. The summed E-state index contributed by atoms with van der Waals surface area (Å²) in [5.74, 6) is 0.811. The van der Waals surface area contributed by atoms with Crippen molar-refractivity contribution in [2.75, 3.05) is 5.32 Å². The van der Waals surface area contributed by atoms with Gasteiger partial charge in [0.05, 0.1) is 28.7 Å². The Morgan fingerprint density at radius 2 is 2.20 bits per heavy atom. The van der Waals surface area contributed by atoms with Crippen LogP contribution in [0.2, 0.25) is 0 Å². The number of carbonyl (C=O) groups excluding carboxylic acids is 1. The Morgan fingerprint density at radius 1 is 1.36 bits per heavy atom. The second-order valence-corrected chi connectivity index (χ2v) is 6.50. The van der Waals surface area contributed by atoms with Crippen molar-refractivity contribution >= 4 is 23.4 Å². The zero-order valence-corrected chi connectivity index (χ0v) is 14.3. The lowest BCUT2D eigenvalue weighted by atomic mass is 10.2. The van der Waals surface area contributed by atoms with E-state index in [4.69, 9.17) is 14.1 Å². The summed E-state index contributed by atoms with van der Waals surface area (Å²) in [7, 11) is 0. The highest BCUT2D eigenvalue weighted by atomic mass is 32.2. The Morgan fingerprint density at radius 3 is 2.92 bits per heavy atom. The van der Waals surface area contributed by atoms with Crippen LogP contribution in [0, 0.1) is 18.3 Å². The molecule has 0 bridgehead atoms. The summed E-state index contributed by atoms with van der Waals surface area (Å²) in [6.07, 6.45) is 1.55. The maximum atomic E-state index is 12.3. The predicted molar refractivity (Wildman–Crippen MR) is 91.8 cm³/mol. The van der Waals surface area contributed by atoms with Gasteiger partial charge >= 0.3 is 0 Å². The van der Waals surface area contributed by atoms with E-state index in [0.717, 1.165) is 17.3 Å². The molecule has 3 rings (SSSR count). The molecule has 3 aromatic rings. The van der Waals surface area contributed by atoms with Crippen LogP contribution in [0.1, 0.15) is 18.2 Å². The van der Waals surface area contributed by atoms with Gasteiger partial charge in [-0.2, -0.15) is 5.26 Å². The minimum absolute atomic E-state index is 0.223. The third-order valence-corrected chi connectivity index (χ3v) is 4.34. The lowest BCUT2D eigenvalue weighted by molar-refractivity contribution is -0.115. The van der Waals surface area contributed by atoms with Crippen molar-refractivity contribution in [1.29, 1.82) is 5.26 Å². The molecule has 126 valence electrons. The number of rotatable bonds is 5. The minimum Gasteiger partial charge on any atom is -0.469 e. The van der Waals surface area contributed by atoms with Gasteiger partial charge in [-0.3, -0.25) is 4.79 Å². The fourth-order valence-corrected chi connectivity index (χ4v) is 2.77. The Bertz CT molecular complexity index is 941. The summed E-state index contributed by atoms with van der Waals surface area (Å²) in [6.45, 7) is 3.54. The maximum Gasteiger partial charge on any atom is 0.277 e. The fraction of sp³-hybridized carbons (Fsp3) is 0.176. The van der Waals surface area contributed by atoms with Crippen LogP contribution < -0.4 is 5.32 Å². The van der Waals surface area contributed by atoms with E-state index >= 15 is 0 Å². The van der Waals surface area contributed by atoms with Crippen molar-refractivity contribution in [3.05, 3.63) is 47.9 Å². The van der Waals surface area contributed by atoms with Crippen LogP contribution in [0.4, 0.5) is 5.69 Å². The molecule has 25 heavy (non-hydrogen) atoms. The average molecular weight is 354 g/mol. The first-order valence-corrected chi connectivity index (χ1v) is 8.30. The second-order valence-electron chi connectivity index (χ2n) is 5.21. The molecule has 0 saturated carbocycles. The predicted octanol–water partition coefficient (Wildman–Crippen LogP) is 3.63. The van der Waals surface area contributed by atoms with E-state index in [1.54, 1.807) is 50.4 Å². The van der Waals surface area contributed by atoms with Crippen LogP contribution >= 0.6 is 11.8 Å². The summed E-state index contributed by atoms with van der Waals surface area (Å²) in [6, 6.07) is 10.5. The monoisotopic (exact) mass is 354 g/mol. The van der Waals surface area contributed by atoms with Gasteiger partial charge in [0, 0.05) is 5.69 Å². The molecule has 1 aromatic carbocycles. The molecule has 0 spiro atoms. The number of hydrogen-bond donors (Lipinski definition) is 1. The summed E-state index contributed by atoms with van der Waals surface area (Å²) in [4.78, 5) is 12.3. The summed E-state index contributed by atoms with van der Waals surface area (Å²) in [5.41, 5.74) is 1.77. The number of furan rings is 1. The van der Waals surface area contributed by atoms with Crippen molar-refractivity contribution in [2.24, 2.45) is 0 Å². The quantitative estimate of drug-likeness (QED) is 0.697. The topological polar surface area (TPSA) is 105 Å². The largest absolute Gasteiger partial charge is 0.469 e. The number of carbonyl (C=O) groups is 1. The lowest BCUT2D eigenvalue weighted by Crippen LogP contribution is -2.22. The van der Waals surface area contributed by atoms with E-state index in [2.05, 4.69) is 15.5 Å². The molecule has 0 saturated heterocycles.